The molecular formula is C18H31N5O10. The van der Waals surface area contributed by atoms with Crippen LogP contribution in [0.3, 0.4) is 0 Å². The molecule has 15 nitrogen and oxygen atoms in total. The number of nitrogens with one attached hydrogen (secondary N) is 3. The minimum Gasteiger partial charge on any atom is -0.481 e. The van der Waals surface area contributed by atoms with Crippen molar-refractivity contribution in [1.29, 1.82) is 0 Å². The first-order valence-electron chi connectivity index (χ1n) is 10.1. The lowest BCUT2D eigenvalue weighted by Crippen LogP contribution is -2.58. The molecule has 0 aliphatic heterocycles. The summed E-state index contributed by atoms with van der Waals surface area (Å²) < 4.78 is 0. The molecule has 0 aromatic carbocycles. The second-order valence-corrected chi connectivity index (χ2v) is 7.13. The molecule has 0 spiro atoms. The number of hydrogen-bond donors (Lipinski definition) is 9. The molecule has 0 aliphatic rings. The minimum atomic E-state index is -1.70. The van der Waals surface area contributed by atoms with Gasteiger partial charge < -0.3 is 47.8 Å². The van der Waals surface area contributed by atoms with Crippen LogP contribution in [0.25, 0.3) is 0 Å². The molecule has 0 aliphatic carbocycles. The van der Waals surface area contributed by atoms with E-state index in [0.29, 0.717) is 19.4 Å². The van der Waals surface area contributed by atoms with Gasteiger partial charge in [0.25, 0.3) is 0 Å². The van der Waals surface area contributed by atoms with E-state index >= 15 is 0 Å². The lowest BCUT2D eigenvalue weighted by atomic mass is 10.1. The Bertz CT molecular complexity index is 717. The van der Waals surface area contributed by atoms with Crippen LogP contribution in [0.15, 0.2) is 0 Å². The molecule has 0 fully saturated rings. The molecular weight excluding hydrogens is 446 g/mol. The summed E-state index contributed by atoms with van der Waals surface area (Å²) >= 11 is 0. The molecule has 0 rings (SSSR count). The zero-order valence-electron chi connectivity index (χ0n) is 17.9. The Balaban J connectivity index is 5.19. The van der Waals surface area contributed by atoms with Gasteiger partial charge in [0.05, 0.1) is 19.1 Å². The molecule has 11 N–H and O–H groups in total. The average Bonchev–Trinajstić information content (AvgIpc) is 2.73. The topological polar surface area (TPSA) is 271 Å². The summed E-state index contributed by atoms with van der Waals surface area (Å²) in [5.41, 5.74) is 11.1. The van der Waals surface area contributed by atoms with Gasteiger partial charge in [-0.2, -0.15) is 0 Å². The number of carboxylic acids is 3. The number of nitrogens with two attached hydrogens (primary N) is 2. The summed E-state index contributed by atoms with van der Waals surface area (Å²) in [5, 5.41) is 42.4. The maximum atomic E-state index is 12.5. The Morgan fingerprint density at radius 3 is 1.76 bits per heavy atom. The minimum absolute atomic E-state index is 0.235. The highest BCUT2D eigenvalue weighted by molar-refractivity contribution is 5.95. The summed E-state index contributed by atoms with van der Waals surface area (Å²) in [7, 11) is 0. The predicted molar refractivity (Wildman–Crippen MR) is 111 cm³/mol. The Morgan fingerprint density at radius 1 is 0.727 bits per heavy atom. The normalized spacial score (nSPS) is 14.3. The number of carbonyl (C=O) groups excluding carboxylic acids is 3. The maximum absolute atomic E-state index is 12.5. The van der Waals surface area contributed by atoms with Crippen molar-refractivity contribution in [3.8, 4) is 0 Å². The molecule has 4 atom stereocenters. The van der Waals surface area contributed by atoms with Crippen molar-refractivity contribution in [1.82, 2.24) is 16.0 Å². The highest BCUT2D eigenvalue weighted by Crippen LogP contribution is 2.02. The standard InChI is InChI=1S/C18H31N5O10/c19-6-2-1-3-9(20)15(29)22-11(7-14(27)28)16(30)23-12(8-24)17(31)21-10(18(32)33)4-5-13(25)26/h9-12,24H,1-8,19-20H2,(H,21,31)(H,22,29)(H,23,30)(H,25,26)(H,27,28)(H,32,33). The van der Waals surface area contributed by atoms with Crippen LogP contribution < -0.4 is 27.4 Å². The van der Waals surface area contributed by atoms with Crippen molar-refractivity contribution < 1.29 is 49.2 Å². The highest BCUT2D eigenvalue weighted by atomic mass is 16.4. The second kappa shape index (κ2) is 15.5. The average molecular weight is 477 g/mol. The number of hydrogen-bond acceptors (Lipinski definition) is 9. The Morgan fingerprint density at radius 2 is 1.27 bits per heavy atom. The van der Waals surface area contributed by atoms with Crippen LogP contribution in [0.1, 0.15) is 38.5 Å². The van der Waals surface area contributed by atoms with Gasteiger partial charge in [-0.1, -0.05) is 6.42 Å². The molecule has 188 valence electrons. The Hall–Kier alpha value is -3.30. The molecule has 33 heavy (non-hydrogen) atoms. The number of amides is 3. The molecule has 0 saturated heterocycles. The molecule has 4 unspecified atom stereocenters. The quantitative estimate of drug-likeness (QED) is 0.0916. The summed E-state index contributed by atoms with van der Waals surface area (Å²) in [4.78, 5) is 69.8. The number of aliphatic hydroxyl groups is 1. The summed E-state index contributed by atoms with van der Waals surface area (Å²) in [6, 6.07) is -5.99. The fourth-order valence-electron chi connectivity index (χ4n) is 2.57. The molecule has 0 heterocycles. The lowest BCUT2D eigenvalue weighted by Gasteiger charge is -2.23. The van der Waals surface area contributed by atoms with Crippen LogP contribution in [0.2, 0.25) is 0 Å². The van der Waals surface area contributed by atoms with E-state index in [-0.39, 0.29) is 6.42 Å². The van der Waals surface area contributed by atoms with E-state index in [9.17, 15) is 33.9 Å². The van der Waals surface area contributed by atoms with Crippen molar-refractivity contribution >= 4 is 35.6 Å². The molecule has 0 bridgehead atoms. The number of aliphatic carboxylic acids is 3. The van der Waals surface area contributed by atoms with Crippen LogP contribution in [-0.2, 0) is 28.8 Å². The molecule has 15 heteroatoms. The molecule has 0 saturated carbocycles. The number of rotatable bonds is 17. The van der Waals surface area contributed by atoms with Crippen LogP contribution >= 0.6 is 0 Å². The van der Waals surface area contributed by atoms with E-state index < -0.39 is 85.7 Å². The van der Waals surface area contributed by atoms with Crippen molar-refractivity contribution in [2.75, 3.05) is 13.2 Å². The molecule has 3 amide bonds. The highest BCUT2D eigenvalue weighted by Gasteiger charge is 2.31. The van der Waals surface area contributed by atoms with E-state index in [1.54, 1.807) is 0 Å². The van der Waals surface area contributed by atoms with E-state index in [0.717, 1.165) is 0 Å². The third-order valence-electron chi connectivity index (χ3n) is 4.39. The van der Waals surface area contributed by atoms with E-state index in [1.165, 1.54) is 0 Å². The molecule has 0 aromatic rings. The number of carbonyl (C=O) groups is 6. The van der Waals surface area contributed by atoms with Crippen LogP contribution in [0.4, 0.5) is 0 Å². The summed E-state index contributed by atoms with van der Waals surface area (Å²) in [5.74, 6) is -7.37. The Labute approximate surface area is 188 Å². The third-order valence-corrected chi connectivity index (χ3v) is 4.39. The van der Waals surface area contributed by atoms with Gasteiger partial charge in [-0.15, -0.1) is 0 Å². The van der Waals surface area contributed by atoms with Crippen LogP contribution in [-0.4, -0.2) is 93.4 Å². The first-order chi connectivity index (χ1) is 15.4. The number of unbranched alkanes of at least 4 members (excludes halogenated alkanes) is 1. The van der Waals surface area contributed by atoms with E-state index in [2.05, 4.69) is 5.32 Å². The van der Waals surface area contributed by atoms with Crippen molar-refractivity contribution in [3.63, 3.8) is 0 Å². The first-order valence-corrected chi connectivity index (χ1v) is 10.1. The summed E-state index contributed by atoms with van der Waals surface area (Å²) in [6.45, 7) is -0.600. The largest absolute Gasteiger partial charge is 0.481 e. The van der Waals surface area contributed by atoms with Gasteiger partial charge in [0.1, 0.15) is 18.1 Å². The van der Waals surface area contributed by atoms with Gasteiger partial charge in [-0.25, -0.2) is 4.79 Å². The number of aliphatic hydroxyl groups excluding tert-OH is 1. The van der Waals surface area contributed by atoms with E-state index in [4.69, 9.17) is 26.8 Å². The van der Waals surface area contributed by atoms with Crippen LogP contribution in [0.5, 0.6) is 0 Å². The fraction of sp³-hybridized carbons (Fsp3) is 0.667. The van der Waals surface area contributed by atoms with Gasteiger partial charge in [0.2, 0.25) is 17.7 Å². The van der Waals surface area contributed by atoms with Crippen molar-refractivity contribution in [3.05, 3.63) is 0 Å². The van der Waals surface area contributed by atoms with Gasteiger partial charge in [0, 0.05) is 6.42 Å². The van der Waals surface area contributed by atoms with Gasteiger partial charge in [-0.05, 0) is 25.8 Å². The predicted octanol–water partition coefficient (Wildman–Crippen LogP) is -3.69. The second-order valence-electron chi connectivity index (χ2n) is 7.13. The van der Waals surface area contributed by atoms with Crippen molar-refractivity contribution in [2.45, 2.75) is 62.7 Å². The SMILES string of the molecule is NCCCCC(N)C(=O)NC(CC(=O)O)C(=O)NC(CO)C(=O)NC(CCC(=O)O)C(=O)O. The monoisotopic (exact) mass is 477 g/mol. The molecule has 0 radical (unpaired) electrons. The zero-order valence-corrected chi connectivity index (χ0v) is 17.9. The van der Waals surface area contributed by atoms with Crippen LogP contribution in [0, 0.1) is 0 Å². The fourth-order valence-corrected chi connectivity index (χ4v) is 2.57. The number of carboxylic acid groups (broad SMARTS) is 3. The molecule has 0 aromatic heterocycles. The summed E-state index contributed by atoms with van der Waals surface area (Å²) in [6.07, 6.45) is -0.506. The van der Waals surface area contributed by atoms with Gasteiger partial charge >= 0.3 is 17.9 Å². The third kappa shape index (κ3) is 12.4. The Kier molecular flexibility index (Phi) is 13.9. The van der Waals surface area contributed by atoms with E-state index in [1.807, 2.05) is 10.6 Å². The smallest absolute Gasteiger partial charge is 0.326 e. The van der Waals surface area contributed by atoms with Gasteiger partial charge in [0.15, 0.2) is 0 Å². The zero-order chi connectivity index (χ0) is 25.6. The maximum Gasteiger partial charge on any atom is 0.326 e. The first kappa shape index (κ1) is 29.7. The lowest BCUT2D eigenvalue weighted by molar-refractivity contribution is -0.144. The van der Waals surface area contributed by atoms with Gasteiger partial charge in [-0.3, -0.25) is 24.0 Å². The van der Waals surface area contributed by atoms with Crippen molar-refractivity contribution in [2.24, 2.45) is 11.5 Å².